The van der Waals surface area contributed by atoms with Gasteiger partial charge in [-0.2, -0.15) is 0 Å². The number of anilines is 3. The minimum atomic E-state index is -0.476. The second-order valence-electron chi connectivity index (χ2n) is 9.08. The van der Waals surface area contributed by atoms with Crippen molar-refractivity contribution in [3.05, 3.63) is 88.2 Å². The second-order valence-corrected chi connectivity index (χ2v) is 9.08. The Morgan fingerprint density at radius 3 is 2.30 bits per heavy atom. The van der Waals surface area contributed by atoms with Crippen LogP contribution in [0, 0.1) is 13.8 Å². The summed E-state index contributed by atoms with van der Waals surface area (Å²) in [4.78, 5) is 33.9. The number of amides is 2. The van der Waals surface area contributed by atoms with Crippen LogP contribution in [0.15, 0.2) is 54.9 Å². The Labute approximate surface area is 217 Å². The summed E-state index contributed by atoms with van der Waals surface area (Å²) in [5, 5.41) is 6.36. The summed E-state index contributed by atoms with van der Waals surface area (Å²) in [6.07, 6.45) is 5.23. The van der Waals surface area contributed by atoms with E-state index >= 15 is 0 Å². The molecule has 4 rings (SSSR count). The number of aryl methyl sites for hydroxylation is 5. The molecule has 190 valence electrons. The Balaban J connectivity index is 1.62. The van der Waals surface area contributed by atoms with Crippen molar-refractivity contribution >= 4 is 29.1 Å². The second kappa shape index (κ2) is 10.7. The van der Waals surface area contributed by atoms with Crippen molar-refractivity contribution in [1.82, 2.24) is 14.5 Å². The zero-order valence-electron chi connectivity index (χ0n) is 21.8. The molecule has 0 saturated carbocycles. The quantitative estimate of drug-likeness (QED) is 0.305. The highest BCUT2D eigenvalue weighted by atomic mass is 16.2. The molecule has 2 aromatic heterocycles. The minimum absolute atomic E-state index is 0.160. The Kier molecular flexibility index (Phi) is 7.38. The van der Waals surface area contributed by atoms with Crippen molar-refractivity contribution in [1.29, 1.82) is 0 Å². The Morgan fingerprint density at radius 2 is 1.68 bits per heavy atom. The van der Waals surface area contributed by atoms with Crippen molar-refractivity contribution in [2.24, 2.45) is 12.8 Å². The zero-order valence-corrected chi connectivity index (χ0v) is 21.8. The Bertz CT molecular complexity index is 1470. The first-order valence-corrected chi connectivity index (χ1v) is 12.3. The summed E-state index contributed by atoms with van der Waals surface area (Å²) in [6, 6.07) is 13.1. The van der Waals surface area contributed by atoms with Crippen molar-refractivity contribution in [3.8, 4) is 11.4 Å². The molecule has 8 heteroatoms. The van der Waals surface area contributed by atoms with Gasteiger partial charge in [-0.25, -0.2) is 9.97 Å². The average molecular weight is 497 g/mol. The number of para-hydroxylation sites is 1. The normalized spacial score (nSPS) is 10.8. The molecule has 37 heavy (non-hydrogen) atoms. The van der Waals surface area contributed by atoms with Crippen LogP contribution in [-0.2, 0) is 19.9 Å². The van der Waals surface area contributed by atoms with Crippen LogP contribution >= 0.6 is 0 Å². The first-order chi connectivity index (χ1) is 17.7. The molecule has 0 radical (unpaired) electrons. The molecule has 0 aliphatic carbocycles. The van der Waals surface area contributed by atoms with E-state index in [0.717, 1.165) is 52.2 Å². The summed E-state index contributed by atoms with van der Waals surface area (Å²) in [6.45, 7) is 7.99. The van der Waals surface area contributed by atoms with E-state index in [1.165, 1.54) is 0 Å². The lowest BCUT2D eigenvalue weighted by molar-refractivity contribution is 0.0997. The molecule has 0 atom stereocenters. The predicted octanol–water partition coefficient (Wildman–Crippen LogP) is 5.32. The topological polar surface area (TPSA) is 115 Å². The molecular formula is C29H32N6O2. The van der Waals surface area contributed by atoms with Crippen molar-refractivity contribution in [3.63, 3.8) is 0 Å². The highest BCUT2D eigenvalue weighted by Gasteiger charge is 2.18. The van der Waals surface area contributed by atoms with Crippen molar-refractivity contribution < 1.29 is 9.59 Å². The lowest BCUT2D eigenvalue weighted by Crippen LogP contribution is -2.14. The number of aromatic nitrogens is 3. The van der Waals surface area contributed by atoms with Gasteiger partial charge in [-0.3, -0.25) is 9.59 Å². The van der Waals surface area contributed by atoms with Gasteiger partial charge in [-0.05, 0) is 73.2 Å². The maximum absolute atomic E-state index is 13.3. The zero-order chi connectivity index (χ0) is 26.7. The predicted molar refractivity (Wildman–Crippen MR) is 147 cm³/mol. The van der Waals surface area contributed by atoms with Crippen molar-refractivity contribution in [2.75, 3.05) is 10.6 Å². The first-order valence-electron chi connectivity index (χ1n) is 12.3. The van der Waals surface area contributed by atoms with Crippen LogP contribution in [0.4, 0.5) is 17.3 Å². The number of benzene rings is 2. The lowest BCUT2D eigenvalue weighted by atomic mass is 10.0. The summed E-state index contributed by atoms with van der Waals surface area (Å²) in [7, 11) is 1.89. The summed E-state index contributed by atoms with van der Waals surface area (Å²) < 4.78 is 1.90. The monoisotopic (exact) mass is 496 g/mol. The maximum atomic E-state index is 13.3. The molecule has 2 amide bonds. The van der Waals surface area contributed by atoms with Gasteiger partial charge in [0, 0.05) is 36.4 Å². The van der Waals surface area contributed by atoms with E-state index in [2.05, 4.69) is 29.5 Å². The van der Waals surface area contributed by atoms with Crippen LogP contribution in [0.3, 0.4) is 0 Å². The van der Waals surface area contributed by atoms with Gasteiger partial charge in [0.2, 0.25) is 11.9 Å². The summed E-state index contributed by atoms with van der Waals surface area (Å²) >= 11 is 0. The average Bonchev–Trinajstić information content (AvgIpc) is 3.27. The molecule has 0 saturated heterocycles. The molecule has 2 aromatic carbocycles. The Hall–Kier alpha value is -4.46. The molecule has 0 unspecified atom stereocenters. The van der Waals surface area contributed by atoms with E-state index in [1.807, 2.05) is 55.9 Å². The molecule has 4 aromatic rings. The number of carbonyl (C=O) groups excluding carboxylic acids is 2. The van der Waals surface area contributed by atoms with E-state index in [4.69, 9.17) is 10.7 Å². The third kappa shape index (κ3) is 5.38. The molecule has 8 nitrogen and oxygen atoms in total. The lowest BCUT2D eigenvalue weighted by Gasteiger charge is -2.14. The molecule has 0 aliphatic heterocycles. The van der Waals surface area contributed by atoms with Crippen molar-refractivity contribution in [2.45, 2.75) is 40.5 Å². The fraction of sp³-hybridized carbons (Fsp3) is 0.241. The van der Waals surface area contributed by atoms with Gasteiger partial charge < -0.3 is 20.9 Å². The summed E-state index contributed by atoms with van der Waals surface area (Å²) in [5.74, 6) is -0.226. The SMILES string of the molecule is CCc1cccc(CC)c1NC(=O)c1cc(-c2nc(Nc3ccc(C(N)=O)cc3C)ncc2C)n(C)c1. The van der Waals surface area contributed by atoms with E-state index in [-0.39, 0.29) is 5.91 Å². The summed E-state index contributed by atoms with van der Waals surface area (Å²) in [5.41, 5.74) is 13.5. The third-order valence-electron chi connectivity index (χ3n) is 6.48. The number of nitrogens with two attached hydrogens (primary N) is 1. The molecule has 4 N–H and O–H groups in total. The molecular weight excluding hydrogens is 464 g/mol. The van der Waals surface area contributed by atoms with Crippen LogP contribution in [0.5, 0.6) is 0 Å². The van der Waals surface area contributed by atoms with Gasteiger partial charge in [0.1, 0.15) is 0 Å². The largest absolute Gasteiger partial charge is 0.366 e. The van der Waals surface area contributed by atoms with Crippen LogP contribution in [-0.4, -0.2) is 26.3 Å². The first kappa shape index (κ1) is 25.6. The number of nitrogens with zero attached hydrogens (tertiary/aromatic N) is 3. The molecule has 2 heterocycles. The maximum Gasteiger partial charge on any atom is 0.257 e. The minimum Gasteiger partial charge on any atom is -0.366 e. The van der Waals surface area contributed by atoms with Gasteiger partial charge >= 0.3 is 0 Å². The number of nitrogens with one attached hydrogen (secondary N) is 2. The highest BCUT2D eigenvalue weighted by molar-refractivity contribution is 6.05. The van der Waals surface area contributed by atoms with Gasteiger partial charge in [0.05, 0.1) is 17.0 Å². The number of carbonyl (C=O) groups is 2. The Morgan fingerprint density at radius 1 is 0.973 bits per heavy atom. The highest BCUT2D eigenvalue weighted by Crippen LogP contribution is 2.28. The fourth-order valence-corrected chi connectivity index (χ4v) is 4.35. The fourth-order valence-electron chi connectivity index (χ4n) is 4.35. The third-order valence-corrected chi connectivity index (χ3v) is 6.48. The van der Waals surface area contributed by atoms with Crippen LogP contribution in [0.2, 0.25) is 0 Å². The van der Waals surface area contributed by atoms with Crippen LogP contribution < -0.4 is 16.4 Å². The standard InChI is InChI=1S/C29H32N6O2/c1-6-19-9-8-10-20(7-2)26(19)33-28(37)22-14-24(35(5)16-22)25-18(4)15-31-29(34-25)32-23-12-11-21(27(30)36)13-17(23)3/h8-16H,6-7H2,1-5H3,(H2,30,36)(H,33,37)(H,31,32,34). The number of primary amides is 1. The molecule has 0 aliphatic rings. The molecule has 0 spiro atoms. The number of hydrogen-bond donors (Lipinski definition) is 3. The van der Waals surface area contributed by atoms with E-state index in [9.17, 15) is 9.59 Å². The van der Waals surface area contributed by atoms with E-state index in [0.29, 0.717) is 22.8 Å². The van der Waals surface area contributed by atoms with Gasteiger partial charge in [0.25, 0.3) is 5.91 Å². The van der Waals surface area contributed by atoms with Gasteiger partial charge in [-0.15, -0.1) is 0 Å². The van der Waals surface area contributed by atoms with E-state index in [1.54, 1.807) is 24.4 Å². The number of hydrogen-bond acceptors (Lipinski definition) is 5. The van der Waals surface area contributed by atoms with Crippen LogP contribution in [0.25, 0.3) is 11.4 Å². The smallest absolute Gasteiger partial charge is 0.257 e. The molecule has 0 bridgehead atoms. The van der Waals surface area contributed by atoms with E-state index < -0.39 is 5.91 Å². The van der Waals surface area contributed by atoms with Gasteiger partial charge in [0.15, 0.2) is 0 Å². The van der Waals surface area contributed by atoms with Gasteiger partial charge in [-0.1, -0.05) is 32.0 Å². The van der Waals surface area contributed by atoms with Crippen LogP contribution in [0.1, 0.15) is 56.8 Å². The molecule has 0 fully saturated rings. The number of rotatable bonds is 8.